The molecule has 1 fully saturated rings. The Labute approximate surface area is 109 Å². The number of amides is 1. The van der Waals surface area contributed by atoms with Crippen molar-refractivity contribution in [1.29, 1.82) is 0 Å². The van der Waals surface area contributed by atoms with Crippen LogP contribution < -0.4 is 5.32 Å². The largest absolute Gasteiger partial charge is 0.395 e. The molecule has 1 aliphatic heterocycles. The van der Waals surface area contributed by atoms with E-state index >= 15 is 0 Å². The van der Waals surface area contributed by atoms with Gasteiger partial charge in [0.2, 0.25) is 5.91 Å². The highest BCUT2D eigenvalue weighted by molar-refractivity contribution is 5.83. The molecule has 0 aliphatic carbocycles. The van der Waals surface area contributed by atoms with Crippen LogP contribution in [0.15, 0.2) is 0 Å². The van der Waals surface area contributed by atoms with E-state index in [2.05, 4.69) is 12.2 Å². The zero-order chi connectivity index (χ0) is 13.4. The van der Waals surface area contributed by atoms with Gasteiger partial charge in [0.05, 0.1) is 18.6 Å². The van der Waals surface area contributed by atoms with Crippen LogP contribution in [0.3, 0.4) is 0 Å². The van der Waals surface area contributed by atoms with Crippen molar-refractivity contribution < 1.29 is 15.0 Å². The normalized spacial score (nSPS) is 23.9. The second kappa shape index (κ2) is 7.71. The third-order valence-corrected chi connectivity index (χ3v) is 3.68. The molecule has 18 heavy (non-hydrogen) atoms. The number of rotatable bonds is 7. The van der Waals surface area contributed by atoms with Gasteiger partial charge in [-0.1, -0.05) is 13.3 Å². The highest BCUT2D eigenvalue weighted by Gasteiger charge is 2.40. The van der Waals surface area contributed by atoms with Crippen LogP contribution in [0.5, 0.6) is 0 Å². The number of piperidine rings is 1. The van der Waals surface area contributed by atoms with E-state index < -0.39 is 0 Å². The SMILES string of the molecule is CCCC1(C(=O)N(CCO)CCO)CCCNC1. The van der Waals surface area contributed by atoms with Gasteiger partial charge >= 0.3 is 0 Å². The van der Waals surface area contributed by atoms with Crippen LogP contribution in [0.1, 0.15) is 32.6 Å². The Bertz CT molecular complexity index is 241. The molecule has 0 saturated carbocycles. The summed E-state index contributed by atoms with van der Waals surface area (Å²) in [5.74, 6) is 0.0830. The molecular weight excluding hydrogens is 232 g/mol. The van der Waals surface area contributed by atoms with E-state index in [0.29, 0.717) is 19.6 Å². The van der Waals surface area contributed by atoms with Gasteiger partial charge in [-0.15, -0.1) is 0 Å². The van der Waals surface area contributed by atoms with E-state index in [1.807, 2.05) is 0 Å². The maximum atomic E-state index is 12.7. The lowest BCUT2D eigenvalue weighted by molar-refractivity contribution is -0.145. The Morgan fingerprint density at radius 2 is 2.00 bits per heavy atom. The van der Waals surface area contributed by atoms with Gasteiger partial charge in [0.1, 0.15) is 0 Å². The predicted molar refractivity (Wildman–Crippen MR) is 70.2 cm³/mol. The predicted octanol–water partition coefficient (Wildman–Crippen LogP) is -0.0305. The molecule has 3 N–H and O–H groups in total. The van der Waals surface area contributed by atoms with Crippen molar-refractivity contribution in [2.24, 2.45) is 5.41 Å². The molecule has 0 radical (unpaired) electrons. The van der Waals surface area contributed by atoms with Crippen molar-refractivity contribution in [2.75, 3.05) is 39.4 Å². The van der Waals surface area contributed by atoms with E-state index in [1.54, 1.807) is 4.90 Å². The van der Waals surface area contributed by atoms with Crippen molar-refractivity contribution in [3.05, 3.63) is 0 Å². The van der Waals surface area contributed by atoms with Gasteiger partial charge in [0.15, 0.2) is 0 Å². The van der Waals surface area contributed by atoms with Gasteiger partial charge in [-0.25, -0.2) is 0 Å². The number of nitrogens with zero attached hydrogens (tertiary/aromatic N) is 1. The average molecular weight is 258 g/mol. The first-order valence-electron chi connectivity index (χ1n) is 6.92. The molecular formula is C13H26N2O3. The van der Waals surface area contributed by atoms with Gasteiger partial charge in [0.25, 0.3) is 0 Å². The number of hydrogen-bond donors (Lipinski definition) is 3. The van der Waals surface area contributed by atoms with Crippen molar-refractivity contribution in [1.82, 2.24) is 10.2 Å². The Hall–Kier alpha value is -0.650. The number of aliphatic hydroxyl groups excluding tert-OH is 2. The van der Waals surface area contributed by atoms with E-state index in [-0.39, 0.29) is 24.5 Å². The molecule has 5 heteroatoms. The Balaban J connectivity index is 2.78. The van der Waals surface area contributed by atoms with E-state index in [1.165, 1.54) is 0 Å². The monoisotopic (exact) mass is 258 g/mol. The fourth-order valence-corrected chi connectivity index (χ4v) is 2.84. The van der Waals surface area contributed by atoms with Crippen LogP contribution in [0, 0.1) is 5.41 Å². The molecule has 1 saturated heterocycles. The maximum Gasteiger partial charge on any atom is 0.230 e. The molecule has 1 heterocycles. The second-order valence-electron chi connectivity index (χ2n) is 5.05. The minimum Gasteiger partial charge on any atom is -0.395 e. The van der Waals surface area contributed by atoms with Gasteiger partial charge in [0, 0.05) is 19.6 Å². The summed E-state index contributed by atoms with van der Waals surface area (Å²) >= 11 is 0. The van der Waals surface area contributed by atoms with Crippen LogP contribution in [-0.4, -0.2) is 60.4 Å². The van der Waals surface area contributed by atoms with Crippen molar-refractivity contribution in [3.8, 4) is 0 Å². The summed E-state index contributed by atoms with van der Waals surface area (Å²) < 4.78 is 0. The van der Waals surface area contributed by atoms with Gasteiger partial charge in [-0.05, 0) is 25.8 Å². The summed E-state index contributed by atoms with van der Waals surface area (Å²) in [7, 11) is 0. The zero-order valence-corrected chi connectivity index (χ0v) is 11.3. The lowest BCUT2D eigenvalue weighted by Crippen LogP contribution is -2.53. The third-order valence-electron chi connectivity index (χ3n) is 3.68. The molecule has 1 amide bonds. The summed E-state index contributed by atoms with van der Waals surface area (Å²) in [5.41, 5.74) is -0.336. The molecule has 0 bridgehead atoms. The third kappa shape index (κ3) is 3.67. The summed E-state index contributed by atoms with van der Waals surface area (Å²) in [5, 5.41) is 21.4. The highest BCUT2D eigenvalue weighted by Crippen LogP contribution is 2.33. The van der Waals surface area contributed by atoms with Gasteiger partial charge < -0.3 is 20.4 Å². The summed E-state index contributed by atoms with van der Waals surface area (Å²) in [4.78, 5) is 14.3. The fraction of sp³-hybridized carbons (Fsp3) is 0.923. The molecule has 0 aromatic rings. The first-order chi connectivity index (χ1) is 8.70. The number of hydrogen-bond acceptors (Lipinski definition) is 4. The molecule has 0 aromatic carbocycles. The topological polar surface area (TPSA) is 72.8 Å². The number of aliphatic hydroxyl groups is 2. The van der Waals surface area contributed by atoms with E-state index in [0.717, 1.165) is 32.2 Å². The first kappa shape index (κ1) is 15.4. The van der Waals surface area contributed by atoms with Crippen LogP contribution >= 0.6 is 0 Å². The molecule has 106 valence electrons. The van der Waals surface area contributed by atoms with Gasteiger partial charge in [-0.2, -0.15) is 0 Å². The maximum absolute atomic E-state index is 12.7. The molecule has 0 spiro atoms. The molecule has 1 atom stereocenters. The quantitative estimate of drug-likeness (QED) is 0.599. The van der Waals surface area contributed by atoms with Gasteiger partial charge in [-0.3, -0.25) is 4.79 Å². The van der Waals surface area contributed by atoms with Crippen LogP contribution in [-0.2, 0) is 4.79 Å². The van der Waals surface area contributed by atoms with Crippen molar-refractivity contribution in [2.45, 2.75) is 32.6 Å². The minimum atomic E-state index is -0.336. The van der Waals surface area contributed by atoms with Crippen molar-refractivity contribution >= 4 is 5.91 Å². The lowest BCUT2D eigenvalue weighted by Gasteiger charge is -2.40. The van der Waals surface area contributed by atoms with E-state index in [9.17, 15) is 4.79 Å². The molecule has 1 rings (SSSR count). The van der Waals surface area contributed by atoms with Crippen LogP contribution in [0.4, 0.5) is 0 Å². The lowest BCUT2D eigenvalue weighted by atomic mass is 9.75. The van der Waals surface area contributed by atoms with Crippen LogP contribution in [0.25, 0.3) is 0 Å². The fourth-order valence-electron chi connectivity index (χ4n) is 2.84. The number of nitrogens with one attached hydrogen (secondary N) is 1. The zero-order valence-electron chi connectivity index (χ0n) is 11.3. The highest BCUT2D eigenvalue weighted by atomic mass is 16.3. The first-order valence-corrected chi connectivity index (χ1v) is 6.92. The minimum absolute atomic E-state index is 0.0542. The second-order valence-corrected chi connectivity index (χ2v) is 5.05. The molecule has 5 nitrogen and oxygen atoms in total. The Morgan fingerprint density at radius 3 is 2.44 bits per heavy atom. The Morgan fingerprint density at radius 1 is 1.33 bits per heavy atom. The van der Waals surface area contributed by atoms with Crippen molar-refractivity contribution in [3.63, 3.8) is 0 Å². The molecule has 1 aliphatic rings. The molecule has 1 unspecified atom stereocenters. The summed E-state index contributed by atoms with van der Waals surface area (Å²) in [6.45, 7) is 4.29. The number of carbonyl (C=O) groups excluding carboxylic acids is 1. The molecule has 0 aromatic heterocycles. The Kier molecular flexibility index (Phi) is 6.60. The standard InChI is InChI=1S/C13H26N2O3/c1-2-4-13(5-3-6-14-11-13)12(18)15(7-9-16)8-10-17/h14,16-17H,2-11H2,1H3. The summed E-state index contributed by atoms with van der Waals surface area (Å²) in [6.07, 6.45) is 3.75. The average Bonchev–Trinajstić information content (AvgIpc) is 2.39. The summed E-state index contributed by atoms with van der Waals surface area (Å²) in [6, 6.07) is 0. The number of carbonyl (C=O) groups is 1. The van der Waals surface area contributed by atoms with E-state index in [4.69, 9.17) is 10.2 Å². The van der Waals surface area contributed by atoms with Crippen LogP contribution in [0.2, 0.25) is 0 Å². The smallest absolute Gasteiger partial charge is 0.230 e.